The van der Waals surface area contributed by atoms with E-state index in [1.165, 1.54) is 6.92 Å². The molecule has 0 saturated heterocycles. The van der Waals surface area contributed by atoms with E-state index in [9.17, 15) is 15.3 Å². The Morgan fingerprint density at radius 3 is 2.30 bits per heavy atom. The van der Waals surface area contributed by atoms with Gasteiger partial charge in [0, 0.05) is 4.88 Å². The van der Waals surface area contributed by atoms with E-state index in [1.807, 2.05) is 42.5 Å². The Morgan fingerprint density at radius 2 is 1.67 bits per heavy atom. The van der Waals surface area contributed by atoms with Gasteiger partial charge in [0.15, 0.2) is 0 Å². The summed E-state index contributed by atoms with van der Waals surface area (Å²) in [5.41, 5.74) is 0.131. The Kier molecular flexibility index (Phi) is 5.35. The third-order valence-electron chi connectivity index (χ3n) is 4.34. The van der Waals surface area contributed by atoms with Crippen molar-refractivity contribution in [1.82, 2.24) is 4.98 Å². The predicted octanol–water partition coefficient (Wildman–Crippen LogP) is 3.98. The molecule has 0 aliphatic carbocycles. The van der Waals surface area contributed by atoms with Gasteiger partial charge in [-0.2, -0.15) is 0 Å². The Hall–Kier alpha value is -2.25. The Balaban J connectivity index is 1.78. The number of benzene rings is 1. The maximum absolute atomic E-state index is 10.2. The van der Waals surface area contributed by atoms with Gasteiger partial charge in [-0.05, 0) is 56.2 Å². The molecule has 0 bridgehead atoms. The van der Waals surface area contributed by atoms with Gasteiger partial charge in [0.05, 0.1) is 22.9 Å². The molecule has 1 unspecified atom stereocenters. The lowest BCUT2D eigenvalue weighted by atomic mass is 9.97. The van der Waals surface area contributed by atoms with E-state index in [1.54, 1.807) is 37.3 Å². The third-order valence-corrected chi connectivity index (χ3v) is 5.39. The van der Waals surface area contributed by atoms with Crippen LogP contribution < -0.4 is 5.32 Å². The van der Waals surface area contributed by atoms with Crippen molar-refractivity contribution in [2.75, 3.05) is 11.9 Å². The maximum Gasteiger partial charge on any atom is 0.131 e. The molecule has 2 aromatic heterocycles. The van der Waals surface area contributed by atoms with Gasteiger partial charge in [-0.15, -0.1) is 11.3 Å². The zero-order chi connectivity index (χ0) is 19.7. The minimum absolute atomic E-state index is 0.396. The topological polar surface area (TPSA) is 85.6 Å². The largest absolute Gasteiger partial charge is 0.393 e. The first-order valence-corrected chi connectivity index (χ1v) is 9.52. The molecule has 142 valence electrons. The number of aliphatic hydroxyl groups excluding tert-OH is 1. The van der Waals surface area contributed by atoms with Gasteiger partial charge in [-0.3, -0.25) is 0 Å². The van der Waals surface area contributed by atoms with E-state index in [-0.39, 0.29) is 0 Å². The van der Waals surface area contributed by atoms with E-state index in [2.05, 4.69) is 10.3 Å². The van der Waals surface area contributed by atoms with Gasteiger partial charge < -0.3 is 20.6 Å². The number of anilines is 2. The number of hydrogen-bond donors (Lipinski definition) is 4. The number of hydrogen-bond acceptors (Lipinski definition) is 6. The van der Waals surface area contributed by atoms with Gasteiger partial charge in [0.25, 0.3) is 0 Å². The average Bonchev–Trinajstić information content (AvgIpc) is 3.10. The second-order valence-corrected chi connectivity index (χ2v) is 8.35. The van der Waals surface area contributed by atoms with Crippen LogP contribution in [0.5, 0.6) is 0 Å². The summed E-state index contributed by atoms with van der Waals surface area (Å²) in [6.45, 7) is 4.67. The van der Waals surface area contributed by atoms with E-state index in [0.717, 1.165) is 21.0 Å². The Labute approximate surface area is 163 Å². The lowest BCUT2D eigenvalue weighted by molar-refractivity contribution is -0.00573. The first-order valence-electron chi connectivity index (χ1n) is 8.70. The highest BCUT2D eigenvalue weighted by Crippen LogP contribution is 2.34. The predicted molar refractivity (Wildman–Crippen MR) is 109 cm³/mol. The van der Waals surface area contributed by atoms with Crippen LogP contribution in [-0.2, 0) is 11.2 Å². The van der Waals surface area contributed by atoms with E-state index >= 15 is 0 Å². The highest BCUT2D eigenvalue weighted by molar-refractivity contribution is 7.19. The zero-order valence-corrected chi connectivity index (χ0v) is 16.4. The number of pyridine rings is 1. The average molecular weight is 385 g/mol. The molecule has 0 spiro atoms. The zero-order valence-electron chi connectivity index (χ0n) is 15.6. The number of thiophene rings is 1. The molecular formula is C21H24N2O3S. The van der Waals surface area contributed by atoms with Crippen LogP contribution in [0.3, 0.4) is 0 Å². The highest BCUT2D eigenvalue weighted by atomic mass is 32.1. The summed E-state index contributed by atoms with van der Waals surface area (Å²) in [6.07, 6.45) is 0. The molecule has 0 aliphatic heterocycles. The van der Waals surface area contributed by atoms with Crippen molar-refractivity contribution in [2.24, 2.45) is 0 Å². The molecule has 4 N–H and O–H groups in total. The second kappa shape index (κ2) is 7.40. The quantitative estimate of drug-likeness (QED) is 0.516. The molecule has 3 aromatic rings. The molecule has 27 heavy (non-hydrogen) atoms. The van der Waals surface area contributed by atoms with Crippen LogP contribution in [0.25, 0.3) is 10.4 Å². The van der Waals surface area contributed by atoms with Gasteiger partial charge in [0.2, 0.25) is 0 Å². The summed E-state index contributed by atoms with van der Waals surface area (Å²) < 4.78 is 0. The third kappa shape index (κ3) is 4.54. The summed E-state index contributed by atoms with van der Waals surface area (Å²) in [5, 5.41) is 33.7. The molecule has 6 heteroatoms. The van der Waals surface area contributed by atoms with E-state index < -0.39 is 17.8 Å². The van der Waals surface area contributed by atoms with Crippen LogP contribution in [0.15, 0.2) is 54.6 Å². The van der Waals surface area contributed by atoms with Gasteiger partial charge in [-0.25, -0.2) is 4.98 Å². The van der Waals surface area contributed by atoms with Crippen molar-refractivity contribution in [3.63, 3.8) is 0 Å². The highest BCUT2D eigenvalue weighted by Gasteiger charge is 2.23. The van der Waals surface area contributed by atoms with Crippen LogP contribution in [0.4, 0.5) is 10.8 Å². The summed E-state index contributed by atoms with van der Waals surface area (Å²) in [7, 11) is 0. The smallest absolute Gasteiger partial charge is 0.131 e. The Bertz CT molecular complexity index is 912. The van der Waals surface area contributed by atoms with Crippen molar-refractivity contribution in [3.05, 3.63) is 65.9 Å². The lowest BCUT2D eigenvalue weighted by Crippen LogP contribution is -2.27. The van der Waals surface area contributed by atoms with Crippen LogP contribution in [0.1, 0.15) is 32.0 Å². The SMILES string of the molecule is CC(C)(O)c1ccc(-c2ccc(Nc3cccc(C(C)(O)CO)n3)s2)cc1. The van der Waals surface area contributed by atoms with E-state index in [0.29, 0.717) is 11.5 Å². The van der Waals surface area contributed by atoms with Gasteiger partial charge >= 0.3 is 0 Å². The number of nitrogens with one attached hydrogen (secondary N) is 1. The van der Waals surface area contributed by atoms with Crippen LogP contribution in [0, 0.1) is 0 Å². The van der Waals surface area contributed by atoms with Crippen molar-refractivity contribution < 1.29 is 15.3 Å². The fourth-order valence-corrected chi connectivity index (χ4v) is 3.53. The first kappa shape index (κ1) is 19.5. The van der Waals surface area contributed by atoms with Crippen molar-refractivity contribution in [2.45, 2.75) is 32.0 Å². The standard InChI is InChI=1S/C21H24N2O3S/c1-20(2,25)15-9-7-14(8-10-15)16-11-12-19(27-16)23-18-6-4-5-17(22-18)21(3,26)13-24/h4-12,24-26H,13H2,1-3H3,(H,22,23). The van der Waals surface area contributed by atoms with Crippen LogP contribution in [0.2, 0.25) is 0 Å². The summed E-state index contributed by atoms with van der Waals surface area (Å²) in [4.78, 5) is 5.48. The number of nitrogens with zero attached hydrogens (tertiary/aromatic N) is 1. The molecule has 1 aromatic carbocycles. The second-order valence-electron chi connectivity index (χ2n) is 7.27. The summed E-state index contributed by atoms with van der Waals surface area (Å²) >= 11 is 1.59. The van der Waals surface area contributed by atoms with Crippen molar-refractivity contribution >= 4 is 22.2 Å². The lowest BCUT2D eigenvalue weighted by Gasteiger charge is -2.20. The molecule has 0 fully saturated rings. The molecule has 3 rings (SSSR count). The number of aromatic nitrogens is 1. The number of rotatable bonds is 6. The Morgan fingerprint density at radius 1 is 0.963 bits per heavy atom. The van der Waals surface area contributed by atoms with Crippen molar-refractivity contribution in [3.8, 4) is 10.4 Å². The van der Waals surface area contributed by atoms with Crippen molar-refractivity contribution in [1.29, 1.82) is 0 Å². The first-order chi connectivity index (χ1) is 12.7. The fourth-order valence-electron chi connectivity index (χ4n) is 2.61. The fraction of sp³-hybridized carbons (Fsp3) is 0.286. The van der Waals surface area contributed by atoms with Gasteiger partial charge in [-0.1, -0.05) is 30.3 Å². The molecule has 0 amide bonds. The summed E-state index contributed by atoms with van der Waals surface area (Å²) in [6, 6.07) is 17.2. The molecular weight excluding hydrogens is 360 g/mol. The number of aliphatic hydroxyl groups is 3. The monoisotopic (exact) mass is 384 g/mol. The molecule has 1 atom stereocenters. The molecule has 5 nitrogen and oxygen atoms in total. The maximum atomic E-state index is 10.2. The van der Waals surface area contributed by atoms with Crippen LogP contribution in [-0.4, -0.2) is 26.9 Å². The van der Waals surface area contributed by atoms with Crippen LogP contribution >= 0.6 is 11.3 Å². The minimum Gasteiger partial charge on any atom is -0.393 e. The molecule has 2 heterocycles. The van der Waals surface area contributed by atoms with E-state index in [4.69, 9.17) is 0 Å². The molecule has 0 aliphatic rings. The molecule has 0 saturated carbocycles. The summed E-state index contributed by atoms with van der Waals surface area (Å²) in [5.74, 6) is 0.604. The minimum atomic E-state index is -1.37. The van der Waals surface area contributed by atoms with Gasteiger partial charge in [0.1, 0.15) is 11.4 Å². The normalized spacial score (nSPS) is 14.0. The molecule has 0 radical (unpaired) electrons.